The lowest BCUT2D eigenvalue weighted by atomic mass is 10.2. The standard InChI is InChI=1S/C13H21NO/c1-4-5-6-7-8-9-10-14-13(15)11-12(2)3/h4-5,8-9,11H,6-7,10H2,1-3H3,(H,14,15)/b5-4+,9-8-. The summed E-state index contributed by atoms with van der Waals surface area (Å²) in [5, 5.41) is 2.78. The fourth-order valence-electron chi connectivity index (χ4n) is 1.03. The van der Waals surface area contributed by atoms with Gasteiger partial charge in [0.2, 0.25) is 5.91 Å². The second kappa shape index (κ2) is 9.25. The molecular weight excluding hydrogens is 186 g/mol. The topological polar surface area (TPSA) is 29.1 Å². The Morgan fingerprint density at radius 1 is 1.13 bits per heavy atom. The number of hydrogen-bond donors (Lipinski definition) is 1. The van der Waals surface area contributed by atoms with Gasteiger partial charge in [0.05, 0.1) is 0 Å². The molecule has 0 spiro atoms. The number of carbonyl (C=O) groups is 1. The highest BCUT2D eigenvalue weighted by atomic mass is 16.1. The lowest BCUT2D eigenvalue weighted by Gasteiger charge is -1.96. The van der Waals surface area contributed by atoms with Crippen molar-refractivity contribution in [2.24, 2.45) is 0 Å². The third-order valence-electron chi connectivity index (χ3n) is 1.72. The van der Waals surface area contributed by atoms with Crippen molar-refractivity contribution in [3.8, 4) is 0 Å². The summed E-state index contributed by atoms with van der Waals surface area (Å²) in [5.41, 5.74) is 1.02. The van der Waals surface area contributed by atoms with Crippen molar-refractivity contribution in [2.45, 2.75) is 33.6 Å². The molecule has 2 heteroatoms. The molecule has 0 aromatic rings. The van der Waals surface area contributed by atoms with E-state index in [4.69, 9.17) is 0 Å². The van der Waals surface area contributed by atoms with Crippen LogP contribution < -0.4 is 5.32 Å². The molecule has 0 aliphatic heterocycles. The summed E-state index contributed by atoms with van der Waals surface area (Å²) in [5.74, 6) is -0.0203. The molecule has 1 amide bonds. The van der Waals surface area contributed by atoms with Crippen LogP contribution in [0.25, 0.3) is 0 Å². The predicted octanol–water partition coefficient (Wildman–Crippen LogP) is 2.98. The van der Waals surface area contributed by atoms with Crippen LogP contribution in [-0.2, 0) is 4.79 Å². The molecule has 2 nitrogen and oxygen atoms in total. The van der Waals surface area contributed by atoms with Gasteiger partial charge >= 0.3 is 0 Å². The van der Waals surface area contributed by atoms with Gasteiger partial charge in [0.15, 0.2) is 0 Å². The van der Waals surface area contributed by atoms with E-state index in [0.29, 0.717) is 6.54 Å². The molecule has 0 atom stereocenters. The molecule has 0 unspecified atom stereocenters. The first-order chi connectivity index (χ1) is 7.16. The average molecular weight is 207 g/mol. The molecule has 0 fully saturated rings. The highest BCUT2D eigenvalue weighted by Crippen LogP contribution is 1.92. The monoisotopic (exact) mass is 207 g/mol. The van der Waals surface area contributed by atoms with E-state index in [1.54, 1.807) is 6.08 Å². The Morgan fingerprint density at radius 3 is 2.40 bits per heavy atom. The first-order valence-electron chi connectivity index (χ1n) is 5.35. The summed E-state index contributed by atoms with van der Waals surface area (Å²) in [6, 6.07) is 0. The number of amides is 1. The average Bonchev–Trinajstić information content (AvgIpc) is 2.15. The van der Waals surface area contributed by atoms with Crippen LogP contribution in [0.15, 0.2) is 36.0 Å². The van der Waals surface area contributed by atoms with Crippen molar-refractivity contribution < 1.29 is 4.79 Å². The molecule has 84 valence electrons. The number of nitrogens with one attached hydrogen (secondary N) is 1. The minimum absolute atomic E-state index is 0.0203. The molecular formula is C13H21NO. The summed E-state index contributed by atoms with van der Waals surface area (Å²) in [6.45, 7) is 6.45. The Kier molecular flexibility index (Phi) is 8.44. The van der Waals surface area contributed by atoms with Gasteiger partial charge in [0.1, 0.15) is 0 Å². The summed E-state index contributed by atoms with van der Waals surface area (Å²) >= 11 is 0. The Bertz CT molecular complexity index is 258. The molecule has 1 N–H and O–H groups in total. The Morgan fingerprint density at radius 2 is 1.80 bits per heavy atom. The van der Waals surface area contributed by atoms with Crippen molar-refractivity contribution in [3.05, 3.63) is 36.0 Å². The van der Waals surface area contributed by atoms with E-state index in [-0.39, 0.29) is 5.91 Å². The van der Waals surface area contributed by atoms with Crippen molar-refractivity contribution in [1.82, 2.24) is 5.32 Å². The van der Waals surface area contributed by atoms with Gasteiger partial charge in [0, 0.05) is 12.6 Å². The quantitative estimate of drug-likeness (QED) is 0.405. The van der Waals surface area contributed by atoms with Gasteiger partial charge in [-0.25, -0.2) is 0 Å². The van der Waals surface area contributed by atoms with Crippen LogP contribution >= 0.6 is 0 Å². The molecule has 0 aromatic heterocycles. The highest BCUT2D eigenvalue weighted by molar-refractivity contribution is 5.88. The van der Waals surface area contributed by atoms with Gasteiger partial charge in [-0.05, 0) is 33.6 Å². The zero-order valence-corrected chi connectivity index (χ0v) is 9.92. The molecule has 15 heavy (non-hydrogen) atoms. The molecule has 0 aliphatic rings. The Balaban J connectivity index is 3.53. The van der Waals surface area contributed by atoms with Gasteiger partial charge in [-0.15, -0.1) is 0 Å². The number of rotatable bonds is 6. The normalized spacial score (nSPS) is 10.9. The first kappa shape index (κ1) is 13.7. The van der Waals surface area contributed by atoms with Crippen LogP contribution in [0.3, 0.4) is 0 Å². The number of allylic oxidation sites excluding steroid dienone is 4. The summed E-state index contributed by atoms with van der Waals surface area (Å²) in [6.07, 6.45) is 11.9. The fourth-order valence-corrected chi connectivity index (χ4v) is 1.03. The van der Waals surface area contributed by atoms with Crippen molar-refractivity contribution >= 4 is 5.91 Å². The molecule has 0 bridgehead atoms. The van der Waals surface area contributed by atoms with E-state index < -0.39 is 0 Å². The maximum absolute atomic E-state index is 11.2. The van der Waals surface area contributed by atoms with Crippen LogP contribution in [0, 0.1) is 0 Å². The summed E-state index contributed by atoms with van der Waals surface area (Å²) in [4.78, 5) is 11.2. The van der Waals surface area contributed by atoms with Gasteiger partial charge in [0.25, 0.3) is 0 Å². The maximum atomic E-state index is 11.2. The SMILES string of the molecule is C/C=C/CC/C=C\CNC(=O)C=C(C)C. The molecule has 0 saturated heterocycles. The van der Waals surface area contributed by atoms with E-state index in [0.717, 1.165) is 18.4 Å². The molecule has 0 rings (SSSR count). The maximum Gasteiger partial charge on any atom is 0.244 e. The third kappa shape index (κ3) is 10.6. The van der Waals surface area contributed by atoms with Crippen LogP contribution in [-0.4, -0.2) is 12.5 Å². The lowest BCUT2D eigenvalue weighted by Crippen LogP contribution is -2.20. The Hall–Kier alpha value is -1.31. The first-order valence-corrected chi connectivity index (χ1v) is 5.35. The van der Waals surface area contributed by atoms with Crippen molar-refractivity contribution in [3.63, 3.8) is 0 Å². The second-order valence-corrected chi connectivity index (χ2v) is 3.58. The second-order valence-electron chi connectivity index (χ2n) is 3.58. The van der Waals surface area contributed by atoms with Gasteiger partial charge < -0.3 is 5.32 Å². The minimum atomic E-state index is -0.0203. The van der Waals surface area contributed by atoms with Crippen LogP contribution in [0.4, 0.5) is 0 Å². The summed E-state index contributed by atoms with van der Waals surface area (Å²) in [7, 11) is 0. The van der Waals surface area contributed by atoms with Crippen LogP contribution in [0.5, 0.6) is 0 Å². The zero-order valence-electron chi connectivity index (χ0n) is 9.92. The zero-order chi connectivity index (χ0) is 11.5. The smallest absolute Gasteiger partial charge is 0.244 e. The van der Waals surface area contributed by atoms with Gasteiger partial charge in [-0.2, -0.15) is 0 Å². The lowest BCUT2D eigenvalue weighted by molar-refractivity contribution is -0.116. The Labute approximate surface area is 92.8 Å². The highest BCUT2D eigenvalue weighted by Gasteiger charge is 1.91. The predicted molar refractivity (Wildman–Crippen MR) is 65.6 cm³/mol. The molecule has 0 saturated carbocycles. The molecule has 0 aliphatic carbocycles. The largest absolute Gasteiger partial charge is 0.349 e. The van der Waals surface area contributed by atoms with Crippen molar-refractivity contribution in [2.75, 3.05) is 6.54 Å². The van der Waals surface area contributed by atoms with Crippen LogP contribution in [0.2, 0.25) is 0 Å². The number of carbonyl (C=O) groups excluding carboxylic acids is 1. The van der Waals surface area contributed by atoms with E-state index in [1.807, 2.05) is 32.9 Å². The van der Waals surface area contributed by atoms with E-state index >= 15 is 0 Å². The summed E-state index contributed by atoms with van der Waals surface area (Å²) < 4.78 is 0. The van der Waals surface area contributed by atoms with Gasteiger partial charge in [-0.1, -0.05) is 29.9 Å². The fraction of sp³-hybridized carbons (Fsp3) is 0.462. The molecule has 0 radical (unpaired) electrons. The molecule has 0 heterocycles. The number of hydrogen-bond acceptors (Lipinski definition) is 1. The van der Waals surface area contributed by atoms with E-state index in [9.17, 15) is 4.79 Å². The molecule has 0 aromatic carbocycles. The number of unbranched alkanes of at least 4 members (excludes halogenated alkanes) is 1. The minimum Gasteiger partial charge on any atom is -0.349 e. The van der Waals surface area contributed by atoms with E-state index in [1.165, 1.54) is 0 Å². The van der Waals surface area contributed by atoms with Crippen molar-refractivity contribution in [1.29, 1.82) is 0 Å². The van der Waals surface area contributed by atoms with Gasteiger partial charge in [-0.3, -0.25) is 4.79 Å². The van der Waals surface area contributed by atoms with E-state index in [2.05, 4.69) is 17.5 Å². The van der Waals surface area contributed by atoms with Crippen LogP contribution in [0.1, 0.15) is 33.6 Å². The third-order valence-corrected chi connectivity index (χ3v) is 1.72.